The van der Waals surface area contributed by atoms with Crippen LogP contribution < -0.4 is 5.32 Å². The molecule has 0 spiro atoms. The molecule has 2 aliphatic rings. The van der Waals surface area contributed by atoms with Gasteiger partial charge in [-0.2, -0.15) is 4.98 Å². The molecule has 2 aliphatic carbocycles. The molecule has 1 amide bonds. The zero-order valence-electron chi connectivity index (χ0n) is 13.7. The third-order valence-electron chi connectivity index (χ3n) is 4.69. The van der Waals surface area contributed by atoms with Crippen LogP contribution in [-0.2, 0) is 17.6 Å². The number of nitrogens with one attached hydrogen (secondary N) is 1. The van der Waals surface area contributed by atoms with E-state index in [0.29, 0.717) is 24.2 Å². The van der Waals surface area contributed by atoms with Crippen molar-refractivity contribution in [1.29, 1.82) is 0 Å². The third kappa shape index (κ3) is 3.13. The van der Waals surface area contributed by atoms with Crippen LogP contribution in [0.25, 0.3) is 11.4 Å². The number of nitrogens with zero attached hydrogens (tertiary/aromatic N) is 2. The van der Waals surface area contributed by atoms with Crippen molar-refractivity contribution in [2.75, 3.05) is 6.61 Å². The first-order valence-electron chi connectivity index (χ1n) is 8.62. The average molecular weight is 327 g/mol. The van der Waals surface area contributed by atoms with Crippen molar-refractivity contribution in [3.8, 4) is 11.4 Å². The van der Waals surface area contributed by atoms with Gasteiger partial charge in [0, 0.05) is 12.0 Å². The number of hydrogen-bond acceptors (Lipinski definition) is 5. The van der Waals surface area contributed by atoms with Crippen molar-refractivity contribution >= 4 is 6.09 Å². The van der Waals surface area contributed by atoms with E-state index in [-0.39, 0.29) is 12.1 Å². The molecule has 0 radical (unpaired) electrons. The summed E-state index contributed by atoms with van der Waals surface area (Å²) in [5.41, 5.74) is 3.33. The van der Waals surface area contributed by atoms with Crippen LogP contribution in [-0.4, -0.2) is 22.8 Å². The number of carbonyl (C=O) groups is 1. The van der Waals surface area contributed by atoms with Gasteiger partial charge >= 0.3 is 6.09 Å². The lowest BCUT2D eigenvalue weighted by Crippen LogP contribution is -2.28. The molecule has 1 fully saturated rings. The molecule has 0 saturated heterocycles. The van der Waals surface area contributed by atoms with E-state index in [9.17, 15) is 4.79 Å². The second kappa shape index (κ2) is 6.26. The maximum atomic E-state index is 11.9. The lowest BCUT2D eigenvalue weighted by molar-refractivity contribution is 0.137. The van der Waals surface area contributed by atoms with Gasteiger partial charge in [0.05, 0.1) is 12.6 Å². The largest absolute Gasteiger partial charge is 0.449 e. The third-order valence-corrected chi connectivity index (χ3v) is 4.69. The zero-order chi connectivity index (χ0) is 16.5. The number of rotatable bonds is 5. The second-order valence-electron chi connectivity index (χ2n) is 6.56. The van der Waals surface area contributed by atoms with E-state index in [1.807, 2.05) is 19.1 Å². The normalized spacial score (nSPS) is 19.1. The molecular formula is C18H21N3O3. The molecule has 1 heterocycles. The summed E-state index contributed by atoms with van der Waals surface area (Å²) in [5.74, 6) is 1.84. The van der Waals surface area contributed by atoms with E-state index in [2.05, 4.69) is 21.5 Å². The van der Waals surface area contributed by atoms with Crippen molar-refractivity contribution in [3.63, 3.8) is 0 Å². The molecule has 6 nitrogen and oxygen atoms in total. The average Bonchev–Trinajstić information content (AvgIpc) is 3.16. The number of hydrogen-bond donors (Lipinski definition) is 1. The molecule has 0 aliphatic heterocycles. The molecule has 6 heteroatoms. The number of alkyl carbamates (subject to hydrolysis) is 1. The first-order chi connectivity index (χ1) is 11.7. The maximum Gasteiger partial charge on any atom is 0.407 e. The van der Waals surface area contributed by atoms with Crippen molar-refractivity contribution < 1.29 is 14.1 Å². The van der Waals surface area contributed by atoms with Gasteiger partial charge in [0.1, 0.15) is 0 Å². The van der Waals surface area contributed by atoms with Crippen LogP contribution >= 0.6 is 0 Å². The molecule has 1 atom stereocenters. The minimum atomic E-state index is -0.311. The predicted molar refractivity (Wildman–Crippen MR) is 87.4 cm³/mol. The lowest BCUT2D eigenvalue weighted by atomic mass is 10.0. The van der Waals surface area contributed by atoms with Gasteiger partial charge < -0.3 is 14.6 Å². The van der Waals surface area contributed by atoms with Gasteiger partial charge in [-0.3, -0.25) is 0 Å². The highest BCUT2D eigenvalue weighted by Crippen LogP contribution is 2.34. The Kier molecular flexibility index (Phi) is 3.96. The Balaban J connectivity index is 1.44. The monoisotopic (exact) mass is 327 g/mol. The summed E-state index contributed by atoms with van der Waals surface area (Å²) in [4.78, 5) is 16.3. The molecule has 1 aromatic carbocycles. The van der Waals surface area contributed by atoms with Crippen LogP contribution in [0.1, 0.15) is 49.2 Å². The number of benzene rings is 1. The lowest BCUT2D eigenvalue weighted by Gasteiger charge is -2.14. The summed E-state index contributed by atoms with van der Waals surface area (Å²) in [6.07, 6.45) is 4.59. The molecule has 2 aromatic rings. The van der Waals surface area contributed by atoms with Crippen molar-refractivity contribution in [1.82, 2.24) is 15.5 Å². The van der Waals surface area contributed by atoms with Gasteiger partial charge in [-0.05, 0) is 48.8 Å². The first kappa shape index (κ1) is 15.2. The molecule has 126 valence electrons. The fourth-order valence-electron chi connectivity index (χ4n) is 3.08. The van der Waals surface area contributed by atoms with Crippen molar-refractivity contribution in [2.45, 2.75) is 45.1 Å². The molecule has 0 unspecified atom stereocenters. The van der Waals surface area contributed by atoms with Crippen molar-refractivity contribution in [3.05, 3.63) is 35.2 Å². The Morgan fingerprint density at radius 2 is 2.25 bits per heavy atom. The van der Waals surface area contributed by atoms with Gasteiger partial charge in [-0.1, -0.05) is 24.2 Å². The molecule has 1 aromatic heterocycles. The van der Waals surface area contributed by atoms with Crippen molar-refractivity contribution in [2.24, 2.45) is 5.92 Å². The zero-order valence-corrected chi connectivity index (χ0v) is 13.7. The van der Waals surface area contributed by atoms with Crippen LogP contribution in [0, 0.1) is 5.92 Å². The van der Waals surface area contributed by atoms with E-state index in [1.165, 1.54) is 18.4 Å². The minimum Gasteiger partial charge on any atom is -0.449 e. The number of aromatic nitrogens is 2. The molecule has 4 rings (SSSR count). The predicted octanol–water partition coefficient (Wildman–Crippen LogP) is 3.42. The molecule has 24 heavy (non-hydrogen) atoms. The van der Waals surface area contributed by atoms with Gasteiger partial charge in [-0.15, -0.1) is 0 Å². The van der Waals surface area contributed by atoms with E-state index in [1.54, 1.807) is 0 Å². The van der Waals surface area contributed by atoms with Crippen LogP contribution in [0.5, 0.6) is 0 Å². The van der Waals surface area contributed by atoms with Crippen LogP contribution in [0.3, 0.4) is 0 Å². The van der Waals surface area contributed by atoms with Gasteiger partial charge in [0.2, 0.25) is 11.7 Å². The summed E-state index contributed by atoms with van der Waals surface area (Å²) in [7, 11) is 0. The molecule has 0 bridgehead atoms. The number of fused-ring (bicyclic) bond motifs is 1. The Morgan fingerprint density at radius 3 is 3.00 bits per heavy atom. The summed E-state index contributed by atoms with van der Waals surface area (Å²) in [5, 5.41) is 7.00. The Labute approximate surface area is 140 Å². The van der Waals surface area contributed by atoms with Gasteiger partial charge in [0.25, 0.3) is 0 Å². The topological polar surface area (TPSA) is 77.2 Å². The molecular weight excluding hydrogens is 306 g/mol. The van der Waals surface area contributed by atoms with E-state index < -0.39 is 0 Å². The summed E-state index contributed by atoms with van der Waals surface area (Å²) >= 11 is 0. The summed E-state index contributed by atoms with van der Waals surface area (Å²) < 4.78 is 10.4. The van der Waals surface area contributed by atoms with E-state index >= 15 is 0 Å². The van der Waals surface area contributed by atoms with E-state index in [0.717, 1.165) is 30.4 Å². The Hall–Kier alpha value is -2.37. The second-order valence-corrected chi connectivity index (χ2v) is 6.56. The number of carbonyl (C=O) groups excluding carboxylic acids is 1. The first-order valence-corrected chi connectivity index (χ1v) is 8.62. The van der Waals surface area contributed by atoms with Gasteiger partial charge in [0.15, 0.2) is 0 Å². The minimum absolute atomic E-state index is 0.0252. The fourth-order valence-corrected chi connectivity index (χ4v) is 3.08. The van der Waals surface area contributed by atoms with Crippen LogP contribution in [0.15, 0.2) is 22.7 Å². The molecule has 1 saturated carbocycles. The summed E-state index contributed by atoms with van der Waals surface area (Å²) in [6.45, 7) is 2.53. The number of aryl methyl sites for hydroxylation is 2. The smallest absolute Gasteiger partial charge is 0.407 e. The molecule has 1 N–H and O–H groups in total. The Morgan fingerprint density at radius 1 is 1.38 bits per heavy atom. The highest BCUT2D eigenvalue weighted by molar-refractivity contribution is 5.68. The van der Waals surface area contributed by atoms with Crippen LogP contribution in [0.2, 0.25) is 0 Å². The highest BCUT2D eigenvalue weighted by Gasteiger charge is 2.27. The highest BCUT2D eigenvalue weighted by atomic mass is 16.5. The number of ether oxygens (including phenoxy) is 1. The fraction of sp³-hybridized carbons (Fsp3) is 0.500. The Bertz CT molecular complexity index is 752. The van der Waals surface area contributed by atoms with Gasteiger partial charge in [-0.25, -0.2) is 4.79 Å². The van der Waals surface area contributed by atoms with E-state index in [4.69, 9.17) is 9.26 Å². The summed E-state index contributed by atoms with van der Waals surface area (Å²) in [6, 6.07) is 6.15. The number of amides is 1. The van der Waals surface area contributed by atoms with Crippen LogP contribution in [0.4, 0.5) is 4.79 Å². The standard InChI is InChI=1S/C18H21N3O3/c1-2-16-20-17(21-24-16)13-5-7-14-12(9-13)6-8-15(14)19-18(22)23-10-11-3-4-11/h5,7,9,11,15H,2-4,6,8,10H2,1H3,(H,19,22)/t15-/m1/s1. The SMILES string of the molecule is CCc1nc(-c2ccc3c(c2)CC[C@H]3NC(=O)OCC2CC2)no1. The maximum absolute atomic E-state index is 11.9. The quantitative estimate of drug-likeness (QED) is 0.910.